The molecule has 0 atom stereocenters. The summed E-state index contributed by atoms with van der Waals surface area (Å²) >= 11 is 0. The summed E-state index contributed by atoms with van der Waals surface area (Å²) < 4.78 is 0. The van der Waals surface area contributed by atoms with E-state index in [1.807, 2.05) is 0 Å². The van der Waals surface area contributed by atoms with Crippen LogP contribution in [0.3, 0.4) is 0 Å². The Bertz CT molecular complexity index is 488. The van der Waals surface area contributed by atoms with Crippen molar-refractivity contribution in [3.63, 3.8) is 0 Å². The Morgan fingerprint density at radius 3 is 2.50 bits per heavy atom. The maximum Gasteiger partial charge on any atom is 0.270 e. The van der Waals surface area contributed by atoms with Crippen molar-refractivity contribution in [2.24, 2.45) is 0 Å². The first kappa shape index (κ1) is 16.4. The zero-order valence-corrected chi connectivity index (χ0v) is 12.0. The molecule has 6 nitrogen and oxygen atoms in total. The lowest BCUT2D eigenvalue weighted by molar-refractivity contribution is -0.384. The standard InChI is InChI=1S/C13H17N3O3.ClH/c1-2-14-6-8-15(9-7-14)13(17)11-4-3-5-12(10-11)16(18)19;/h3-5,10H,2,6-9H2,1H3;1H/p-1. The molecule has 0 unspecified atom stereocenters. The summed E-state index contributed by atoms with van der Waals surface area (Å²) in [5.41, 5.74) is 0.345. The maximum absolute atomic E-state index is 12.3. The lowest BCUT2D eigenvalue weighted by Crippen LogP contribution is -3.00. The highest BCUT2D eigenvalue weighted by Gasteiger charge is 2.22. The van der Waals surface area contributed by atoms with Gasteiger partial charge in [0.05, 0.1) is 4.92 Å². The van der Waals surface area contributed by atoms with E-state index in [2.05, 4.69) is 11.8 Å². The minimum Gasteiger partial charge on any atom is -1.00 e. The zero-order chi connectivity index (χ0) is 13.8. The number of rotatable bonds is 3. The molecule has 0 bridgehead atoms. The number of nitrogens with zero attached hydrogens (tertiary/aromatic N) is 3. The third kappa shape index (κ3) is 3.68. The van der Waals surface area contributed by atoms with Crippen molar-refractivity contribution in [2.45, 2.75) is 6.92 Å². The van der Waals surface area contributed by atoms with Gasteiger partial charge in [0.15, 0.2) is 0 Å². The number of halogens is 1. The number of nitro benzene ring substituents is 1. The molecule has 0 saturated carbocycles. The van der Waals surface area contributed by atoms with E-state index in [1.165, 1.54) is 12.1 Å². The molecule has 1 aromatic rings. The normalized spacial score (nSPS) is 15.6. The summed E-state index contributed by atoms with van der Waals surface area (Å²) in [6, 6.07) is 5.91. The smallest absolute Gasteiger partial charge is 0.270 e. The molecule has 0 spiro atoms. The van der Waals surface area contributed by atoms with E-state index in [0.717, 1.165) is 19.6 Å². The summed E-state index contributed by atoms with van der Waals surface area (Å²) in [4.78, 5) is 26.5. The van der Waals surface area contributed by atoms with Gasteiger partial charge in [-0.25, -0.2) is 0 Å². The van der Waals surface area contributed by atoms with Crippen LogP contribution in [0.25, 0.3) is 0 Å². The van der Waals surface area contributed by atoms with Gasteiger partial charge in [-0.15, -0.1) is 0 Å². The second kappa shape index (κ2) is 7.21. The number of hydrogen-bond donors (Lipinski definition) is 0. The molecule has 1 aromatic carbocycles. The van der Waals surface area contributed by atoms with Crippen LogP contribution in [0.1, 0.15) is 17.3 Å². The van der Waals surface area contributed by atoms with E-state index in [-0.39, 0.29) is 24.0 Å². The second-order valence-corrected chi connectivity index (χ2v) is 4.53. The number of piperazine rings is 1. The van der Waals surface area contributed by atoms with Crippen molar-refractivity contribution in [1.82, 2.24) is 9.80 Å². The highest BCUT2D eigenvalue weighted by Crippen LogP contribution is 2.15. The quantitative estimate of drug-likeness (QED) is 0.497. The Hall–Kier alpha value is -1.66. The van der Waals surface area contributed by atoms with Crippen molar-refractivity contribution in [2.75, 3.05) is 32.7 Å². The molecule has 1 aliphatic rings. The highest BCUT2D eigenvalue weighted by molar-refractivity contribution is 5.94. The monoisotopic (exact) mass is 298 g/mol. The van der Waals surface area contributed by atoms with E-state index in [0.29, 0.717) is 18.7 Å². The number of amides is 1. The van der Waals surface area contributed by atoms with Gasteiger partial charge >= 0.3 is 0 Å². The molecule has 0 aromatic heterocycles. The van der Waals surface area contributed by atoms with Gasteiger partial charge in [0.2, 0.25) is 0 Å². The third-order valence-electron chi connectivity index (χ3n) is 3.41. The van der Waals surface area contributed by atoms with Crippen LogP contribution in [-0.4, -0.2) is 53.4 Å². The van der Waals surface area contributed by atoms with Gasteiger partial charge < -0.3 is 22.2 Å². The Kier molecular flexibility index (Phi) is 5.91. The third-order valence-corrected chi connectivity index (χ3v) is 3.41. The van der Waals surface area contributed by atoms with Crippen LogP contribution in [0.2, 0.25) is 0 Å². The number of nitro groups is 1. The summed E-state index contributed by atoms with van der Waals surface area (Å²) in [5.74, 6) is -0.126. The van der Waals surface area contributed by atoms with E-state index in [4.69, 9.17) is 0 Å². The maximum atomic E-state index is 12.3. The molecule has 2 rings (SSSR count). The lowest BCUT2D eigenvalue weighted by atomic mass is 10.1. The summed E-state index contributed by atoms with van der Waals surface area (Å²) in [5, 5.41) is 10.7. The minimum atomic E-state index is -0.480. The molecule has 7 heteroatoms. The molecular weight excluding hydrogens is 282 g/mol. The minimum absolute atomic E-state index is 0. The first-order valence-corrected chi connectivity index (χ1v) is 6.38. The number of benzene rings is 1. The average Bonchev–Trinajstić information content (AvgIpc) is 2.46. The van der Waals surface area contributed by atoms with Gasteiger partial charge in [-0.1, -0.05) is 13.0 Å². The first-order chi connectivity index (χ1) is 9.11. The zero-order valence-electron chi connectivity index (χ0n) is 11.3. The first-order valence-electron chi connectivity index (χ1n) is 6.38. The summed E-state index contributed by atoms with van der Waals surface area (Å²) in [6.45, 7) is 6.15. The van der Waals surface area contributed by atoms with Crippen LogP contribution in [-0.2, 0) is 0 Å². The summed E-state index contributed by atoms with van der Waals surface area (Å²) in [7, 11) is 0. The molecule has 0 N–H and O–H groups in total. The molecule has 1 fully saturated rings. The van der Waals surface area contributed by atoms with Crippen molar-refractivity contribution >= 4 is 11.6 Å². The Morgan fingerprint density at radius 2 is 1.95 bits per heavy atom. The fraction of sp³-hybridized carbons (Fsp3) is 0.462. The number of carbonyl (C=O) groups excluding carboxylic acids is 1. The van der Waals surface area contributed by atoms with Crippen molar-refractivity contribution in [3.05, 3.63) is 39.9 Å². The largest absolute Gasteiger partial charge is 1.00 e. The number of likely N-dealkylation sites (N-methyl/N-ethyl adjacent to an activating group) is 1. The Morgan fingerprint density at radius 1 is 1.30 bits per heavy atom. The second-order valence-electron chi connectivity index (χ2n) is 4.53. The van der Waals surface area contributed by atoms with Crippen molar-refractivity contribution in [1.29, 1.82) is 0 Å². The van der Waals surface area contributed by atoms with Gasteiger partial charge in [0.25, 0.3) is 11.6 Å². The molecule has 20 heavy (non-hydrogen) atoms. The predicted octanol–water partition coefficient (Wildman–Crippen LogP) is -1.62. The number of hydrogen-bond acceptors (Lipinski definition) is 4. The molecule has 0 radical (unpaired) electrons. The fourth-order valence-electron chi connectivity index (χ4n) is 2.20. The Labute approximate surface area is 123 Å². The van der Waals surface area contributed by atoms with E-state index >= 15 is 0 Å². The Balaban J connectivity index is 0.00000200. The highest BCUT2D eigenvalue weighted by atomic mass is 35.5. The van der Waals surface area contributed by atoms with Crippen LogP contribution in [0, 0.1) is 10.1 Å². The lowest BCUT2D eigenvalue weighted by Gasteiger charge is -2.34. The molecule has 0 aliphatic carbocycles. The van der Waals surface area contributed by atoms with Crippen LogP contribution in [0.4, 0.5) is 5.69 Å². The van der Waals surface area contributed by atoms with Crippen LogP contribution < -0.4 is 12.4 Å². The number of carbonyl (C=O) groups is 1. The summed E-state index contributed by atoms with van der Waals surface area (Å²) in [6.07, 6.45) is 0. The predicted molar refractivity (Wildman–Crippen MR) is 71.1 cm³/mol. The molecule has 1 aliphatic heterocycles. The van der Waals surface area contributed by atoms with Gasteiger partial charge in [-0.3, -0.25) is 14.9 Å². The van der Waals surface area contributed by atoms with Gasteiger partial charge in [0.1, 0.15) is 0 Å². The van der Waals surface area contributed by atoms with Gasteiger partial charge in [0, 0.05) is 43.9 Å². The molecule has 110 valence electrons. The van der Waals surface area contributed by atoms with Crippen LogP contribution in [0.15, 0.2) is 24.3 Å². The number of non-ortho nitro benzene ring substituents is 1. The van der Waals surface area contributed by atoms with Crippen LogP contribution in [0.5, 0.6) is 0 Å². The average molecular weight is 299 g/mol. The molecule has 1 amide bonds. The van der Waals surface area contributed by atoms with Gasteiger partial charge in [-0.05, 0) is 12.6 Å². The SMILES string of the molecule is CCN1CCN(C(=O)c2cccc([N+](=O)[O-])c2)CC1.[Cl-]. The molecular formula is C13H17ClN3O3-. The van der Waals surface area contributed by atoms with E-state index < -0.39 is 4.92 Å². The topological polar surface area (TPSA) is 66.7 Å². The fourth-order valence-corrected chi connectivity index (χ4v) is 2.20. The molecule has 1 heterocycles. The van der Waals surface area contributed by atoms with Crippen molar-refractivity contribution in [3.8, 4) is 0 Å². The van der Waals surface area contributed by atoms with Gasteiger partial charge in [-0.2, -0.15) is 0 Å². The molecule has 1 saturated heterocycles. The van der Waals surface area contributed by atoms with E-state index in [1.54, 1.807) is 17.0 Å². The van der Waals surface area contributed by atoms with Crippen molar-refractivity contribution < 1.29 is 22.1 Å². The van der Waals surface area contributed by atoms with Crippen LogP contribution >= 0.6 is 0 Å². The van der Waals surface area contributed by atoms with E-state index in [9.17, 15) is 14.9 Å².